The molecule has 3 rings (SSSR count). The first-order valence-electron chi connectivity index (χ1n) is 8.64. The molecule has 1 aromatic heterocycles. The number of sulfonamides is 1. The number of hydrogen-bond donors (Lipinski definition) is 1. The monoisotopic (exact) mass is 409 g/mol. The van der Waals surface area contributed by atoms with Crippen molar-refractivity contribution in [1.82, 2.24) is 9.21 Å². The molecule has 1 aromatic carbocycles. The number of hydrogen-bond acceptors (Lipinski definition) is 6. The number of nitrogens with one attached hydrogen (secondary N) is 1. The molecule has 0 bridgehead atoms. The summed E-state index contributed by atoms with van der Waals surface area (Å²) in [6.45, 7) is 3.62. The van der Waals surface area contributed by atoms with Crippen molar-refractivity contribution < 1.29 is 17.9 Å². The van der Waals surface area contributed by atoms with Crippen LogP contribution in [0.2, 0.25) is 0 Å². The molecule has 0 saturated carbocycles. The zero-order chi connectivity index (χ0) is 19.4. The second kappa shape index (κ2) is 8.39. The molecule has 1 aliphatic heterocycles. The predicted molar refractivity (Wildman–Crippen MR) is 106 cm³/mol. The molecule has 1 atom stereocenters. The summed E-state index contributed by atoms with van der Waals surface area (Å²) in [5.74, 6) is 0.610. The highest BCUT2D eigenvalue weighted by atomic mass is 32.2. The van der Waals surface area contributed by atoms with Gasteiger partial charge in [-0.05, 0) is 42.6 Å². The molecular formula is C18H23N3O4S2. The van der Waals surface area contributed by atoms with Crippen LogP contribution in [0.4, 0.5) is 5.69 Å². The van der Waals surface area contributed by atoms with Crippen molar-refractivity contribution in [3.05, 3.63) is 41.8 Å². The first-order valence-corrected chi connectivity index (χ1v) is 11.0. The van der Waals surface area contributed by atoms with Crippen LogP contribution >= 0.6 is 11.3 Å². The van der Waals surface area contributed by atoms with Crippen molar-refractivity contribution in [2.24, 2.45) is 0 Å². The maximum absolute atomic E-state index is 12.6. The van der Waals surface area contributed by atoms with Gasteiger partial charge in [-0.2, -0.15) is 4.31 Å². The van der Waals surface area contributed by atoms with E-state index in [2.05, 4.69) is 5.32 Å². The van der Waals surface area contributed by atoms with Gasteiger partial charge in [-0.25, -0.2) is 8.42 Å². The van der Waals surface area contributed by atoms with Crippen molar-refractivity contribution in [3.63, 3.8) is 0 Å². The van der Waals surface area contributed by atoms with Gasteiger partial charge in [-0.1, -0.05) is 6.07 Å². The summed E-state index contributed by atoms with van der Waals surface area (Å²) in [4.78, 5) is 14.5. The number of carbonyl (C=O) groups is 1. The molecule has 1 N–H and O–H groups in total. The lowest BCUT2D eigenvalue weighted by Gasteiger charge is -2.36. The molecule has 146 valence electrons. The van der Waals surface area contributed by atoms with Crippen LogP contribution in [0.25, 0.3) is 0 Å². The number of methoxy groups -OCH3 is 1. The molecule has 0 aliphatic carbocycles. The zero-order valence-electron chi connectivity index (χ0n) is 15.3. The topological polar surface area (TPSA) is 79.0 Å². The number of nitrogens with zero attached hydrogens (tertiary/aromatic N) is 2. The van der Waals surface area contributed by atoms with E-state index in [-0.39, 0.29) is 11.9 Å². The minimum atomic E-state index is -3.43. The minimum absolute atomic E-state index is 0.116. The minimum Gasteiger partial charge on any atom is -0.497 e. The Balaban J connectivity index is 1.56. The molecule has 1 saturated heterocycles. The molecule has 2 heterocycles. The Morgan fingerprint density at radius 2 is 1.81 bits per heavy atom. The van der Waals surface area contributed by atoms with Gasteiger partial charge in [-0.3, -0.25) is 9.69 Å². The van der Waals surface area contributed by atoms with Crippen LogP contribution in [0.1, 0.15) is 6.92 Å². The Morgan fingerprint density at radius 1 is 1.15 bits per heavy atom. The van der Waals surface area contributed by atoms with Gasteiger partial charge < -0.3 is 10.1 Å². The van der Waals surface area contributed by atoms with E-state index >= 15 is 0 Å². The molecule has 0 unspecified atom stereocenters. The lowest BCUT2D eigenvalue weighted by molar-refractivity contribution is -0.121. The van der Waals surface area contributed by atoms with Crippen molar-refractivity contribution >= 4 is 33.0 Å². The number of ether oxygens (including phenoxy) is 1. The summed E-state index contributed by atoms with van der Waals surface area (Å²) in [5, 5.41) is 4.65. The predicted octanol–water partition coefficient (Wildman–Crippen LogP) is 2.09. The van der Waals surface area contributed by atoms with Crippen LogP contribution in [0.15, 0.2) is 46.0 Å². The largest absolute Gasteiger partial charge is 0.497 e. The first-order chi connectivity index (χ1) is 12.9. The van der Waals surface area contributed by atoms with Gasteiger partial charge in [0.2, 0.25) is 5.91 Å². The normalized spacial score (nSPS) is 17.4. The van der Waals surface area contributed by atoms with Crippen LogP contribution in [0.5, 0.6) is 5.75 Å². The lowest BCUT2D eigenvalue weighted by atomic mass is 10.2. The third-order valence-corrected chi connectivity index (χ3v) is 7.92. The summed E-state index contributed by atoms with van der Waals surface area (Å²) in [7, 11) is -1.84. The van der Waals surface area contributed by atoms with Gasteiger partial charge >= 0.3 is 0 Å². The lowest BCUT2D eigenvalue weighted by Crippen LogP contribution is -2.53. The maximum atomic E-state index is 12.6. The number of benzene rings is 1. The van der Waals surface area contributed by atoms with Crippen molar-refractivity contribution in [2.75, 3.05) is 38.6 Å². The van der Waals surface area contributed by atoms with Gasteiger partial charge in [0, 0.05) is 31.9 Å². The van der Waals surface area contributed by atoms with Crippen molar-refractivity contribution in [1.29, 1.82) is 0 Å². The van der Waals surface area contributed by atoms with Gasteiger partial charge in [0.15, 0.2) is 0 Å². The average molecular weight is 410 g/mol. The van der Waals surface area contributed by atoms with Gasteiger partial charge in [-0.15, -0.1) is 11.3 Å². The fourth-order valence-corrected chi connectivity index (χ4v) is 5.52. The standard InChI is InChI=1S/C18H23N3O4S2/c1-14(18(22)19-15-5-7-16(25-2)8-6-15)20-9-11-21(12-10-20)27(23,24)17-4-3-13-26-17/h3-8,13-14H,9-12H2,1-2H3,(H,19,22)/t14-/m0/s1. The summed E-state index contributed by atoms with van der Waals surface area (Å²) < 4.78 is 32.1. The number of anilines is 1. The zero-order valence-corrected chi connectivity index (χ0v) is 16.9. The smallest absolute Gasteiger partial charge is 0.252 e. The number of rotatable bonds is 6. The summed E-state index contributed by atoms with van der Waals surface area (Å²) in [5.41, 5.74) is 0.701. The van der Waals surface area contributed by atoms with E-state index in [4.69, 9.17) is 4.74 Å². The molecule has 1 fully saturated rings. The van der Waals surface area contributed by atoms with E-state index in [0.29, 0.717) is 36.1 Å². The number of piperazine rings is 1. The van der Waals surface area contributed by atoms with E-state index in [1.807, 2.05) is 11.8 Å². The maximum Gasteiger partial charge on any atom is 0.252 e. The van der Waals surface area contributed by atoms with Crippen LogP contribution in [0, 0.1) is 0 Å². The molecule has 0 radical (unpaired) electrons. The van der Waals surface area contributed by atoms with Crippen LogP contribution in [-0.2, 0) is 14.8 Å². The number of carbonyl (C=O) groups excluding carboxylic acids is 1. The Kier molecular flexibility index (Phi) is 6.15. The molecule has 1 amide bonds. The molecule has 0 spiro atoms. The Labute approximate surface area is 163 Å². The molecular weight excluding hydrogens is 386 g/mol. The fourth-order valence-electron chi connectivity index (χ4n) is 2.96. The molecule has 2 aromatic rings. The highest BCUT2D eigenvalue weighted by Gasteiger charge is 2.32. The molecule has 7 nitrogen and oxygen atoms in total. The van der Waals surface area contributed by atoms with Crippen molar-refractivity contribution in [2.45, 2.75) is 17.2 Å². The van der Waals surface area contributed by atoms with Crippen LogP contribution in [-0.4, -0.2) is 62.9 Å². The molecule has 9 heteroatoms. The fraction of sp³-hybridized carbons (Fsp3) is 0.389. The first kappa shape index (κ1) is 19.8. The third kappa shape index (κ3) is 4.49. The molecule has 27 heavy (non-hydrogen) atoms. The SMILES string of the molecule is COc1ccc(NC(=O)[C@H](C)N2CCN(S(=O)(=O)c3cccs3)CC2)cc1. The van der Waals surface area contributed by atoms with Gasteiger partial charge in [0.1, 0.15) is 9.96 Å². The second-order valence-corrected chi connectivity index (χ2v) is 9.38. The van der Waals surface area contributed by atoms with Crippen LogP contribution < -0.4 is 10.1 Å². The Hall–Kier alpha value is -1.94. The quantitative estimate of drug-likeness (QED) is 0.790. The van der Waals surface area contributed by atoms with E-state index in [1.54, 1.807) is 48.9 Å². The second-order valence-electron chi connectivity index (χ2n) is 6.27. The summed E-state index contributed by atoms with van der Waals surface area (Å²) in [6, 6.07) is 10.2. The third-order valence-electron chi connectivity index (χ3n) is 4.65. The highest BCUT2D eigenvalue weighted by molar-refractivity contribution is 7.91. The van der Waals surface area contributed by atoms with Crippen molar-refractivity contribution in [3.8, 4) is 5.75 Å². The van der Waals surface area contributed by atoms with Gasteiger partial charge in [0.05, 0.1) is 13.2 Å². The van der Waals surface area contributed by atoms with E-state index in [0.717, 1.165) is 5.75 Å². The molecule has 1 aliphatic rings. The average Bonchev–Trinajstić information content (AvgIpc) is 3.24. The number of thiophene rings is 1. The Morgan fingerprint density at radius 3 is 2.37 bits per heavy atom. The van der Waals surface area contributed by atoms with Crippen LogP contribution in [0.3, 0.4) is 0 Å². The highest BCUT2D eigenvalue weighted by Crippen LogP contribution is 2.22. The number of amides is 1. The summed E-state index contributed by atoms with van der Waals surface area (Å²) >= 11 is 1.22. The van der Waals surface area contributed by atoms with E-state index < -0.39 is 10.0 Å². The van der Waals surface area contributed by atoms with E-state index in [9.17, 15) is 13.2 Å². The summed E-state index contributed by atoms with van der Waals surface area (Å²) in [6.07, 6.45) is 0. The van der Waals surface area contributed by atoms with Gasteiger partial charge in [0.25, 0.3) is 10.0 Å². The van der Waals surface area contributed by atoms with E-state index in [1.165, 1.54) is 15.6 Å². The Bertz CT molecular complexity index is 859.